The van der Waals surface area contributed by atoms with E-state index in [1.54, 1.807) is 0 Å². The number of halogens is 2. The van der Waals surface area contributed by atoms with E-state index in [2.05, 4.69) is 0 Å². The van der Waals surface area contributed by atoms with Crippen molar-refractivity contribution in [2.45, 2.75) is 0 Å². The van der Waals surface area contributed by atoms with E-state index in [0.717, 1.165) is 6.07 Å². The van der Waals surface area contributed by atoms with E-state index in [1.165, 1.54) is 6.07 Å². The third kappa shape index (κ3) is 1.62. The van der Waals surface area contributed by atoms with Gasteiger partial charge in [0.05, 0.1) is 5.56 Å². The van der Waals surface area contributed by atoms with Gasteiger partial charge in [-0.3, -0.25) is 0 Å². The number of carboxylic acid groups (broad SMARTS) is 1. The minimum Gasteiger partial charge on any atom is -0.871 e. The summed E-state index contributed by atoms with van der Waals surface area (Å²) in [7, 11) is 0. The minimum atomic E-state index is -1.33. The Hall–Kier alpha value is -0.930. The molecule has 12 heavy (non-hydrogen) atoms. The topological polar surface area (TPSA) is 60.4 Å². The predicted octanol–water partition coefficient (Wildman–Crippen LogP) is 1.77. The second kappa shape index (κ2) is 3.21. The van der Waals surface area contributed by atoms with Crippen LogP contribution < -0.4 is 5.11 Å². The van der Waals surface area contributed by atoms with Crippen molar-refractivity contribution in [1.82, 2.24) is 0 Å². The molecule has 0 atom stereocenters. The largest absolute Gasteiger partial charge is 0.871 e. The maximum atomic E-state index is 11.0. The summed E-state index contributed by atoms with van der Waals surface area (Å²) >= 11 is 10.9. The maximum absolute atomic E-state index is 11.0. The van der Waals surface area contributed by atoms with Crippen molar-refractivity contribution in [2.75, 3.05) is 0 Å². The van der Waals surface area contributed by atoms with Gasteiger partial charge in [-0.2, -0.15) is 0 Å². The fourth-order valence-corrected chi connectivity index (χ4v) is 1.21. The summed E-state index contributed by atoms with van der Waals surface area (Å²) in [6.45, 7) is 0. The van der Waals surface area contributed by atoms with Gasteiger partial charge in [-0.15, -0.1) is 0 Å². The molecule has 0 heterocycles. The van der Waals surface area contributed by atoms with E-state index >= 15 is 0 Å². The van der Waals surface area contributed by atoms with Gasteiger partial charge in [-0.25, -0.2) is 4.79 Å². The highest BCUT2D eigenvalue weighted by atomic mass is 35.5. The Morgan fingerprint density at radius 3 is 2.50 bits per heavy atom. The molecule has 1 rings (SSSR count). The summed E-state index contributed by atoms with van der Waals surface area (Å²) in [5, 5.41) is 19.4. The molecule has 64 valence electrons. The molecule has 5 heteroatoms. The van der Waals surface area contributed by atoms with Crippen molar-refractivity contribution in [1.29, 1.82) is 0 Å². The molecule has 0 fully saturated rings. The van der Waals surface area contributed by atoms with Crippen LogP contribution in [0.2, 0.25) is 10.0 Å². The number of carboxylic acids is 1. The number of hydrogen-bond acceptors (Lipinski definition) is 2. The second-order valence-electron chi connectivity index (χ2n) is 2.07. The Bertz CT molecular complexity index is 336. The van der Waals surface area contributed by atoms with Crippen molar-refractivity contribution >= 4 is 29.2 Å². The van der Waals surface area contributed by atoms with Crippen LogP contribution in [0.5, 0.6) is 5.75 Å². The zero-order valence-electron chi connectivity index (χ0n) is 5.67. The molecule has 0 aliphatic rings. The Balaban J connectivity index is 3.37. The highest BCUT2D eigenvalue weighted by Gasteiger charge is 2.07. The summed E-state index contributed by atoms with van der Waals surface area (Å²) in [6, 6.07) is 2.27. The summed E-state index contributed by atoms with van der Waals surface area (Å²) in [6.07, 6.45) is 0. The number of hydrogen-bond donors (Lipinski definition) is 1. The lowest BCUT2D eigenvalue weighted by Gasteiger charge is -2.11. The van der Waals surface area contributed by atoms with Crippen molar-refractivity contribution in [3.63, 3.8) is 0 Å². The van der Waals surface area contributed by atoms with Crippen LogP contribution in [0.1, 0.15) is 10.4 Å². The SMILES string of the molecule is O=C(O)c1cc(Cl)cc(Cl)c1[O-]. The quantitative estimate of drug-likeness (QED) is 0.761. The van der Waals surface area contributed by atoms with Gasteiger partial charge >= 0.3 is 5.97 Å². The molecule has 1 N–H and O–H groups in total. The van der Waals surface area contributed by atoms with E-state index in [-0.39, 0.29) is 10.0 Å². The molecule has 0 aliphatic carbocycles. The van der Waals surface area contributed by atoms with Crippen LogP contribution in [0.25, 0.3) is 0 Å². The van der Waals surface area contributed by atoms with E-state index in [1.807, 2.05) is 0 Å². The van der Waals surface area contributed by atoms with Crippen molar-refractivity contribution < 1.29 is 15.0 Å². The van der Waals surface area contributed by atoms with Gasteiger partial charge < -0.3 is 10.2 Å². The normalized spacial score (nSPS) is 9.83. The van der Waals surface area contributed by atoms with Crippen LogP contribution in [0.3, 0.4) is 0 Å². The van der Waals surface area contributed by atoms with E-state index in [9.17, 15) is 9.90 Å². The van der Waals surface area contributed by atoms with E-state index in [4.69, 9.17) is 28.3 Å². The smallest absolute Gasteiger partial charge is 0.335 e. The zero-order valence-corrected chi connectivity index (χ0v) is 7.19. The molecule has 0 aliphatic heterocycles. The fraction of sp³-hybridized carbons (Fsp3) is 0. The highest BCUT2D eigenvalue weighted by Crippen LogP contribution is 2.28. The van der Waals surface area contributed by atoms with Crippen LogP contribution in [0.15, 0.2) is 12.1 Å². The van der Waals surface area contributed by atoms with Gasteiger partial charge in [0.2, 0.25) is 0 Å². The zero-order chi connectivity index (χ0) is 9.30. The number of carbonyl (C=O) groups is 1. The molecule has 0 bridgehead atoms. The first kappa shape index (κ1) is 9.16. The minimum absolute atomic E-state index is 0.136. The molecule has 0 amide bonds. The van der Waals surface area contributed by atoms with Crippen LogP contribution in [-0.2, 0) is 0 Å². The molecule has 0 unspecified atom stereocenters. The second-order valence-corrected chi connectivity index (χ2v) is 2.91. The van der Waals surface area contributed by atoms with Gasteiger partial charge in [0, 0.05) is 10.0 Å². The molecule has 0 radical (unpaired) electrons. The van der Waals surface area contributed by atoms with Gasteiger partial charge in [-0.05, 0) is 12.1 Å². The third-order valence-corrected chi connectivity index (χ3v) is 1.74. The molecular formula is C7H3Cl2O3-. The fourth-order valence-electron chi connectivity index (χ4n) is 0.719. The third-order valence-electron chi connectivity index (χ3n) is 1.24. The van der Waals surface area contributed by atoms with Crippen LogP contribution >= 0.6 is 23.2 Å². The first-order chi connectivity index (χ1) is 5.52. The van der Waals surface area contributed by atoms with Crippen molar-refractivity contribution in [3.05, 3.63) is 27.7 Å². The molecular weight excluding hydrogens is 203 g/mol. The van der Waals surface area contributed by atoms with Crippen molar-refractivity contribution in [3.8, 4) is 5.75 Å². The van der Waals surface area contributed by atoms with E-state index < -0.39 is 17.3 Å². The molecule has 0 spiro atoms. The molecule has 3 nitrogen and oxygen atoms in total. The van der Waals surface area contributed by atoms with Gasteiger partial charge in [-0.1, -0.05) is 29.0 Å². The molecule has 0 saturated heterocycles. The van der Waals surface area contributed by atoms with Crippen LogP contribution in [-0.4, -0.2) is 11.1 Å². The predicted molar refractivity (Wildman–Crippen MR) is 42.9 cm³/mol. The standard InChI is InChI=1S/C7H4Cl2O3/c8-3-1-4(7(11)12)6(10)5(9)2-3/h1-2,10H,(H,11,12)/p-1. The lowest BCUT2D eigenvalue weighted by atomic mass is 10.2. The van der Waals surface area contributed by atoms with E-state index in [0.29, 0.717) is 0 Å². The summed E-state index contributed by atoms with van der Waals surface area (Å²) < 4.78 is 0. The first-order valence-corrected chi connectivity index (χ1v) is 3.67. The lowest BCUT2D eigenvalue weighted by Crippen LogP contribution is -2.04. The van der Waals surface area contributed by atoms with Crippen LogP contribution in [0.4, 0.5) is 0 Å². The Morgan fingerprint density at radius 1 is 1.42 bits per heavy atom. The number of benzene rings is 1. The summed E-state index contributed by atoms with van der Waals surface area (Å²) in [4.78, 5) is 10.4. The Morgan fingerprint density at radius 2 is 2.00 bits per heavy atom. The van der Waals surface area contributed by atoms with Gasteiger partial charge in [0.25, 0.3) is 0 Å². The Kier molecular flexibility index (Phi) is 2.45. The maximum Gasteiger partial charge on any atom is 0.335 e. The molecule has 0 saturated carbocycles. The van der Waals surface area contributed by atoms with Crippen LogP contribution in [0, 0.1) is 0 Å². The molecule has 0 aromatic heterocycles. The summed E-state index contributed by atoms with van der Waals surface area (Å²) in [5.41, 5.74) is -0.410. The van der Waals surface area contributed by atoms with Gasteiger partial charge in [0.15, 0.2) is 0 Å². The molecule has 1 aromatic carbocycles. The molecule has 1 aromatic rings. The highest BCUT2D eigenvalue weighted by molar-refractivity contribution is 6.36. The monoisotopic (exact) mass is 205 g/mol. The number of aromatic carboxylic acids is 1. The summed E-state index contributed by atoms with van der Waals surface area (Å²) in [5.74, 6) is -2.04. The lowest BCUT2D eigenvalue weighted by molar-refractivity contribution is -0.268. The average molecular weight is 206 g/mol. The Labute approximate surface area is 78.2 Å². The van der Waals surface area contributed by atoms with Gasteiger partial charge in [0.1, 0.15) is 0 Å². The first-order valence-electron chi connectivity index (χ1n) is 2.91. The average Bonchev–Trinajstić information content (AvgIpc) is 1.96. The van der Waals surface area contributed by atoms with Crippen molar-refractivity contribution in [2.24, 2.45) is 0 Å². The number of rotatable bonds is 1.